The number of ether oxygens (including phenoxy) is 1. The highest BCUT2D eigenvalue weighted by atomic mass is 35.5. The van der Waals surface area contributed by atoms with Crippen LogP contribution in [-0.2, 0) is 24.6 Å². The predicted molar refractivity (Wildman–Crippen MR) is 117 cm³/mol. The summed E-state index contributed by atoms with van der Waals surface area (Å²) in [5.41, 5.74) is 0.121. The number of carbonyl (C=O) groups excluding carboxylic acids is 1. The summed E-state index contributed by atoms with van der Waals surface area (Å²) in [6, 6.07) is 3.59. The fraction of sp³-hybridized carbons (Fsp3) is 0.632. The Morgan fingerprint density at radius 3 is 2.32 bits per heavy atom. The van der Waals surface area contributed by atoms with E-state index in [9.17, 15) is 21.6 Å². The molecule has 0 aliphatic carbocycles. The highest BCUT2D eigenvalue weighted by molar-refractivity contribution is 7.91. The van der Waals surface area contributed by atoms with Crippen molar-refractivity contribution in [2.24, 2.45) is 0 Å². The summed E-state index contributed by atoms with van der Waals surface area (Å²) >= 11 is 6.23. The van der Waals surface area contributed by atoms with Crippen molar-refractivity contribution < 1.29 is 26.4 Å². The van der Waals surface area contributed by atoms with Crippen molar-refractivity contribution in [1.29, 1.82) is 0 Å². The molecule has 31 heavy (non-hydrogen) atoms. The lowest BCUT2D eigenvalue weighted by Gasteiger charge is -2.35. The first kappa shape index (κ1) is 24.4. The molecule has 3 atom stereocenters. The summed E-state index contributed by atoms with van der Waals surface area (Å²) in [6.45, 7) is 3.96. The molecular formula is C19H28ClN3O6S2. The van der Waals surface area contributed by atoms with Crippen molar-refractivity contribution in [3.63, 3.8) is 0 Å². The number of carbonyl (C=O) groups is 1. The van der Waals surface area contributed by atoms with Gasteiger partial charge in [-0.3, -0.25) is 9.80 Å². The number of halogens is 1. The third kappa shape index (κ3) is 5.23. The molecule has 0 spiro atoms. The standard InChI is InChI=1S/C19H28ClN3O6S2/c1-13-10-22(11-14(2)29-13)31(27,28)18-9-15(5-6-17(18)20)19(24)23(21(3)4)16-7-8-30(25,26)12-16/h5-6,9,13-14,16H,7-8,10-12H2,1-4H3/t13-,14+,16-/m0/s1. The normalized spacial score (nSPS) is 26.8. The Bertz CT molecular complexity index is 1050. The number of sulfone groups is 1. The van der Waals surface area contributed by atoms with E-state index in [4.69, 9.17) is 16.3 Å². The molecule has 0 unspecified atom stereocenters. The van der Waals surface area contributed by atoms with Gasteiger partial charge in [-0.05, 0) is 38.5 Å². The first-order valence-corrected chi connectivity index (χ1v) is 13.6. The molecule has 2 heterocycles. The minimum absolute atomic E-state index is 0.0168. The molecule has 0 aromatic heterocycles. The smallest absolute Gasteiger partial charge is 0.268 e. The van der Waals surface area contributed by atoms with Gasteiger partial charge in [0.2, 0.25) is 10.0 Å². The van der Waals surface area contributed by atoms with Crippen LogP contribution in [0.4, 0.5) is 0 Å². The van der Waals surface area contributed by atoms with E-state index in [0.717, 1.165) is 0 Å². The maximum absolute atomic E-state index is 13.3. The van der Waals surface area contributed by atoms with E-state index in [0.29, 0.717) is 6.42 Å². The van der Waals surface area contributed by atoms with Gasteiger partial charge >= 0.3 is 0 Å². The van der Waals surface area contributed by atoms with E-state index in [1.807, 2.05) is 0 Å². The minimum atomic E-state index is -3.96. The Hall–Kier alpha value is -1.24. The Labute approximate surface area is 188 Å². The summed E-state index contributed by atoms with van der Waals surface area (Å²) in [7, 11) is -3.87. The maximum atomic E-state index is 13.3. The van der Waals surface area contributed by atoms with Crippen LogP contribution in [0.1, 0.15) is 30.6 Å². The van der Waals surface area contributed by atoms with Crippen LogP contribution in [0.5, 0.6) is 0 Å². The van der Waals surface area contributed by atoms with Crippen molar-refractivity contribution in [3.05, 3.63) is 28.8 Å². The number of amides is 1. The summed E-state index contributed by atoms with van der Waals surface area (Å²) in [6.07, 6.45) is -0.208. The molecule has 1 aromatic carbocycles. The van der Waals surface area contributed by atoms with Gasteiger partial charge in [0.25, 0.3) is 5.91 Å². The lowest BCUT2D eigenvalue weighted by Crippen LogP contribution is -2.49. The van der Waals surface area contributed by atoms with Gasteiger partial charge in [0.05, 0.1) is 34.8 Å². The van der Waals surface area contributed by atoms with Crippen LogP contribution in [-0.4, -0.2) is 94.0 Å². The molecular weight excluding hydrogens is 466 g/mol. The van der Waals surface area contributed by atoms with Gasteiger partial charge in [0.1, 0.15) is 4.90 Å². The second kappa shape index (κ2) is 8.95. The van der Waals surface area contributed by atoms with Gasteiger partial charge in [-0.25, -0.2) is 21.8 Å². The van der Waals surface area contributed by atoms with E-state index < -0.39 is 31.8 Å². The molecule has 2 aliphatic heterocycles. The molecule has 174 valence electrons. The predicted octanol–water partition coefficient (Wildman–Crippen LogP) is 1.24. The van der Waals surface area contributed by atoms with Crippen LogP contribution >= 0.6 is 11.6 Å². The monoisotopic (exact) mass is 493 g/mol. The van der Waals surface area contributed by atoms with Gasteiger partial charge in [-0.15, -0.1) is 0 Å². The highest BCUT2D eigenvalue weighted by Crippen LogP contribution is 2.29. The van der Waals surface area contributed by atoms with E-state index in [2.05, 4.69) is 0 Å². The van der Waals surface area contributed by atoms with Crippen molar-refractivity contribution in [1.82, 2.24) is 14.3 Å². The van der Waals surface area contributed by atoms with Gasteiger partial charge < -0.3 is 4.74 Å². The summed E-state index contributed by atoms with van der Waals surface area (Å²) < 4.78 is 57.3. The zero-order chi connectivity index (χ0) is 23.1. The van der Waals surface area contributed by atoms with Crippen LogP contribution in [0.3, 0.4) is 0 Å². The lowest BCUT2D eigenvalue weighted by atomic mass is 10.1. The molecule has 0 saturated carbocycles. The Balaban J connectivity index is 1.95. The van der Waals surface area contributed by atoms with E-state index >= 15 is 0 Å². The second-order valence-corrected chi connectivity index (χ2v) is 12.8. The number of hydrogen-bond acceptors (Lipinski definition) is 7. The van der Waals surface area contributed by atoms with Crippen LogP contribution in [0.25, 0.3) is 0 Å². The molecule has 2 saturated heterocycles. The molecule has 12 heteroatoms. The van der Waals surface area contributed by atoms with Crippen molar-refractivity contribution in [2.45, 2.75) is 43.4 Å². The first-order chi connectivity index (χ1) is 14.3. The molecule has 0 bridgehead atoms. The summed E-state index contributed by atoms with van der Waals surface area (Å²) in [5, 5.41) is 2.91. The number of morpholine rings is 1. The summed E-state index contributed by atoms with van der Waals surface area (Å²) in [4.78, 5) is 13.1. The number of hydrazine groups is 1. The average molecular weight is 494 g/mol. The Morgan fingerprint density at radius 2 is 1.81 bits per heavy atom. The molecule has 2 fully saturated rings. The lowest BCUT2D eigenvalue weighted by molar-refractivity contribution is -0.0440. The SMILES string of the molecule is C[C@@H]1CN(S(=O)(=O)c2cc(C(=O)N([C@H]3CCS(=O)(=O)C3)N(C)C)ccc2Cl)C[C@H](C)O1. The van der Waals surface area contributed by atoms with Gasteiger partial charge in [-0.1, -0.05) is 11.6 Å². The minimum Gasteiger partial charge on any atom is -0.373 e. The van der Waals surface area contributed by atoms with Crippen molar-refractivity contribution in [3.8, 4) is 0 Å². The van der Waals surface area contributed by atoms with Crippen LogP contribution < -0.4 is 0 Å². The summed E-state index contributed by atoms with van der Waals surface area (Å²) in [5.74, 6) is -0.591. The molecule has 0 N–H and O–H groups in total. The fourth-order valence-electron chi connectivity index (χ4n) is 4.07. The van der Waals surface area contributed by atoms with Gasteiger partial charge in [0.15, 0.2) is 9.84 Å². The van der Waals surface area contributed by atoms with E-state index in [1.165, 1.54) is 32.5 Å². The zero-order valence-corrected chi connectivity index (χ0v) is 20.4. The third-order valence-corrected chi connectivity index (χ3v) is 9.44. The number of benzene rings is 1. The van der Waals surface area contributed by atoms with Crippen LogP contribution in [0.15, 0.2) is 23.1 Å². The van der Waals surface area contributed by atoms with Crippen LogP contribution in [0, 0.1) is 0 Å². The molecule has 1 aromatic rings. The fourth-order valence-corrected chi connectivity index (χ4v) is 7.86. The highest BCUT2D eigenvalue weighted by Gasteiger charge is 2.38. The second-order valence-electron chi connectivity index (χ2n) is 8.28. The molecule has 9 nitrogen and oxygen atoms in total. The van der Waals surface area contributed by atoms with Crippen LogP contribution in [0.2, 0.25) is 5.02 Å². The largest absolute Gasteiger partial charge is 0.373 e. The number of rotatable bonds is 5. The first-order valence-electron chi connectivity index (χ1n) is 9.98. The van der Waals surface area contributed by atoms with Crippen molar-refractivity contribution in [2.75, 3.05) is 38.7 Å². The molecule has 3 rings (SSSR count). The maximum Gasteiger partial charge on any atom is 0.268 e. The Kier molecular flexibility index (Phi) is 7.05. The quantitative estimate of drug-likeness (QED) is 0.568. The molecule has 1 amide bonds. The van der Waals surface area contributed by atoms with E-state index in [-0.39, 0.29) is 52.3 Å². The number of sulfonamides is 1. The molecule has 2 aliphatic rings. The topological polar surface area (TPSA) is 104 Å². The average Bonchev–Trinajstić information content (AvgIpc) is 3.00. The molecule has 0 radical (unpaired) electrons. The van der Waals surface area contributed by atoms with E-state index in [1.54, 1.807) is 27.9 Å². The Morgan fingerprint density at radius 1 is 1.19 bits per heavy atom. The number of nitrogens with zero attached hydrogens (tertiary/aromatic N) is 3. The number of hydrogen-bond donors (Lipinski definition) is 0. The van der Waals surface area contributed by atoms with Gasteiger partial charge in [0, 0.05) is 32.7 Å². The zero-order valence-electron chi connectivity index (χ0n) is 18.0. The van der Waals surface area contributed by atoms with Gasteiger partial charge in [-0.2, -0.15) is 4.31 Å². The van der Waals surface area contributed by atoms with Crippen molar-refractivity contribution >= 4 is 37.4 Å². The third-order valence-electron chi connectivity index (χ3n) is 5.38.